The summed E-state index contributed by atoms with van der Waals surface area (Å²) in [4.78, 5) is 0. The third kappa shape index (κ3) is 3.01. The highest BCUT2D eigenvalue weighted by Gasteiger charge is 2.24. The smallest absolute Gasteiger partial charge is 0.126 e. The number of hydrogen-bond acceptors (Lipinski definition) is 2. The van der Waals surface area contributed by atoms with E-state index < -0.39 is 12.0 Å². The minimum absolute atomic E-state index is 0.146. The minimum atomic E-state index is -0.894. The minimum Gasteiger partial charge on any atom is -0.388 e. The average Bonchev–Trinajstić information content (AvgIpc) is 2.44. The van der Waals surface area contributed by atoms with E-state index in [1.54, 1.807) is 30.3 Å². The van der Waals surface area contributed by atoms with Crippen molar-refractivity contribution < 1.29 is 9.50 Å². The van der Waals surface area contributed by atoms with Crippen LogP contribution in [0.5, 0.6) is 0 Å². The summed E-state index contributed by atoms with van der Waals surface area (Å²) in [6, 6.07) is 11.7. The first-order chi connectivity index (χ1) is 9.54. The second-order valence-electron chi connectivity index (χ2n) is 4.82. The van der Waals surface area contributed by atoms with Gasteiger partial charge in [0.1, 0.15) is 5.82 Å². The fraction of sp³-hybridized carbons (Fsp3) is 0.250. The number of benzene rings is 2. The van der Waals surface area contributed by atoms with Gasteiger partial charge in [0, 0.05) is 17.5 Å². The Kier molecular flexibility index (Phi) is 4.76. The van der Waals surface area contributed by atoms with Gasteiger partial charge in [-0.25, -0.2) is 4.39 Å². The topological polar surface area (TPSA) is 46.2 Å². The molecule has 2 aromatic carbocycles. The van der Waals surface area contributed by atoms with Crippen LogP contribution in [-0.4, -0.2) is 11.7 Å². The van der Waals surface area contributed by atoms with E-state index in [4.69, 9.17) is 17.3 Å². The highest BCUT2D eigenvalue weighted by Crippen LogP contribution is 2.33. The van der Waals surface area contributed by atoms with Crippen molar-refractivity contribution in [3.63, 3.8) is 0 Å². The van der Waals surface area contributed by atoms with E-state index >= 15 is 0 Å². The fourth-order valence-corrected chi connectivity index (χ4v) is 2.42. The first-order valence-corrected chi connectivity index (χ1v) is 6.81. The Morgan fingerprint density at radius 2 is 1.95 bits per heavy atom. The Hall–Kier alpha value is -1.42. The Morgan fingerprint density at radius 3 is 2.55 bits per heavy atom. The van der Waals surface area contributed by atoms with Crippen LogP contribution in [0.1, 0.15) is 28.7 Å². The van der Waals surface area contributed by atoms with Gasteiger partial charge in [-0.2, -0.15) is 0 Å². The summed E-state index contributed by atoms with van der Waals surface area (Å²) in [6.07, 6.45) is -0.894. The number of aliphatic hydroxyl groups excluding tert-OH is 1. The molecule has 2 unspecified atom stereocenters. The van der Waals surface area contributed by atoms with E-state index in [1.165, 1.54) is 6.07 Å². The fourth-order valence-electron chi connectivity index (χ4n) is 2.23. The van der Waals surface area contributed by atoms with Gasteiger partial charge in [0.25, 0.3) is 0 Å². The van der Waals surface area contributed by atoms with Gasteiger partial charge in [0.15, 0.2) is 0 Å². The van der Waals surface area contributed by atoms with Crippen molar-refractivity contribution in [2.45, 2.75) is 18.9 Å². The van der Waals surface area contributed by atoms with Crippen LogP contribution in [0.4, 0.5) is 4.39 Å². The number of aliphatic hydroxyl groups is 1. The van der Waals surface area contributed by atoms with Gasteiger partial charge in [0.05, 0.1) is 6.10 Å². The number of nitrogens with two attached hydrogens (primary N) is 1. The van der Waals surface area contributed by atoms with E-state index in [1.807, 2.05) is 13.0 Å². The summed E-state index contributed by atoms with van der Waals surface area (Å²) in [5.74, 6) is -0.866. The molecular formula is C16H17ClFNO. The van der Waals surface area contributed by atoms with Crippen molar-refractivity contribution in [1.82, 2.24) is 0 Å². The van der Waals surface area contributed by atoms with Crippen LogP contribution in [0.2, 0.25) is 5.02 Å². The third-order valence-electron chi connectivity index (χ3n) is 3.48. The molecule has 2 rings (SSSR count). The van der Waals surface area contributed by atoms with Crippen molar-refractivity contribution in [3.8, 4) is 0 Å². The molecule has 4 heteroatoms. The van der Waals surface area contributed by atoms with Crippen molar-refractivity contribution in [1.29, 1.82) is 0 Å². The first-order valence-electron chi connectivity index (χ1n) is 6.43. The predicted octanol–water partition coefficient (Wildman–Crippen LogP) is 3.56. The van der Waals surface area contributed by atoms with Crippen LogP contribution in [0.15, 0.2) is 42.5 Å². The molecule has 0 aliphatic rings. The molecule has 2 aromatic rings. The molecule has 20 heavy (non-hydrogen) atoms. The van der Waals surface area contributed by atoms with E-state index in [2.05, 4.69) is 0 Å². The zero-order valence-corrected chi connectivity index (χ0v) is 11.9. The molecule has 0 spiro atoms. The molecule has 2 nitrogen and oxygen atoms in total. The van der Waals surface area contributed by atoms with Crippen LogP contribution < -0.4 is 5.73 Å². The maximum Gasteiger partial charge on any atom is 0.126 e. The zero-order chi connectivity index (χ0) is 14.7. The van der Waals surface area contributed by atoms with Crippen molar-refractivity contribution in [3.05, 3.63) is 70.0 Å². The van der Waals surface area contributed by atoms with Gasteiger partial charge in [-0.3, -0.25) is 0 Å². The van der Waals surface area contributed by atoms with Crippen LogP contribution in [0.3, 0.4) is 0 Å². The molecule has 106 valence electrons. The Bertz CT molecular complexity index is 603. The normalized spacial score (nSPS) is 14.1. The summed E-state index contributed by atoms with van der Waals surface area (Å²) >= 11 is 6.07. The number of aryl methyl sites for hydroxylation is 1. The molecule has 0 aliphatic heterocycles. The van der Waals surface area contributed by atoms with Crippen LogP contribution in [-0.2, 0) is 0 Å². The zero-order valence-electron chi connectivity index (χ0n) is 11.2. The third-order valence-corrected chi connectivity index (χ3v) is 3.88. The first kappa shape index (κ1) is 15.0. The number of rotatable bonds is 4. The lowest BCUT2D eigenvalue weighted by Crippen LogP contribution is -2.21. The van der Waals surface area contributed by atoms with Gasteiger partial charge in [-0.15, -0.1) is 0 Å². The van der Waals surface area contributed by atoms with Crippen LogP contribution in [0.25, 0.3) is 0 Å². The largest absolute Gasteiger partial charge is 0.388 e. The van der Waals surface area contributed by atoms with Gasteiger partial charge in [0.2, 0.25) is 0 Å². The van der Waals surface area contributed by atoms with Gasteiger partial charge < -0.3 is 10.8 Å². The maximum absolute atomic E-state index is 13.9. The van der Waals surface area contributed by atoms with E-state index in [-0.39, 0.29) is 12.4 Å². The molecule has 0 amide bonds. The second kappa shape index (κ2) is 6.35. The van der Waals surface area contributed by atoms with Crippen molar-refractivity contribution in [2.24, 2.45) is 5.73 Å². The Balaban J connectivity index is 2.36. The lowest BCUT2D eigenvalue weighted by molar-refractivity contribution is 0.145. The summed E-state index contributed by atoms with van der Waals surface area (Å²) in [5.41, 5.74) is 7.70. The number of halogens is 2. The molecule has 0 radical (unpaired) electrons. The second-order valence-corrected chi connectivity index (χ2v) is 5.22. The average molecular weight is 294 g/mol. The predicted molar refractivity (Wildman–Crippen MR) is 79.3 cm³/mol. The van der Waals surface area contributed by atoms with Crippen LogP contribution >= 0.6 is 11.6 Å². The lowest BCUT2D eigenvalue weighted by atomic mass is 9.88. The van der Waals surface area contributed by atoms with E-state index in [0.29, 0.717) is 16.1 Å². The summed E-state index contributed by atoms with van der Waals surface area (Å²) in [5, 5.41) is 11.0. The summed E-state index contributed by atoms with van der Waals surface area (Å²) < 4.78 is 13.9. The molecule has 2 atom stereocenters. The van der Waals surface area contributed by atoms with Crippen LogP contribution in [0, 0.1) is 12.7 Å². The standard InChI is InChI=1S/C16H17ClFNO/c1-10-6-7-11(8-14(10)17)16(20)13(9-19)12-4-2-3-5-15(12)18/h2-8,13,16,20H,9,19H2,1H3. The van der Waals surface area contributed by atoms with E-state index in [0.717, 1.165) is 5.56 Å². The van der Waals surface area contributed by atoms with Gasteiger partial charge in [-0.1, -0.05) is 41.9 Å². The van der Waals surface area contributed by atoms with Gasteiger partial charge >= 0.3 is 0 Å². The van der Waals surface area contributed by atoms with Crippen molar-refractivity contribution >= 4 is 11.6 Å². The maximum atomic E-state index is 13.9. The van der Waals surface area contributed by atoms with E-state index in [9.17, 15) is 9.50 Å². The molecule has 0 heterocycles. The summed E-state index contributed by atoms with van der Waals surface area (Å²) in [6.45, 7) is 2.03. The molecular weight excluding hydrogens is 277 g/mol. The highest BCUT2D eigenvalue weighted by atomic mass is 35.5. The monoisotopic (exact) mass is 293 g/mol. The Labute approximate surface area is 123 Å². The Morgan fingerprint density at radius 1 is 1.25 bits per heavy atom. The molecule has 0 aromatic heterocycles. The molecule has 0 bridgehead atoms. The molecule has 0 saturated carbocycles. The highest BCUT2D eigenvalue weighted by molar-refractivity contribution is 6.31. The molecule has 3 N–H and O–H groups in total. The molecule has 0 saturated heterocycles. The number of hydrogen-bond donors (Lipinski definition) is 2. The van der Waals surface area contributed by atoms with Gasteiger partial charge in [-0.05, 0) is 35.7 Å². The van der Waals surface area contributed by atoms with Crippen molar-refractivity contribution in [2.75, 3.05) is 6.54 Å². The quantitative estimate of drug-likeness (QED) is 0.905. The lowest BCUT2D eigenvalue weighted by Gasteiger charge is -2.23. The summed E-state index contributed by atoms with van der Waals surface area (Å²) in [7, 11) is 0. The SMILES string of the molecule is Cc1ccc(C(O)C(CN)c2ccccc2F)cc1Cl. The molecule has 0 fully saturated rings. The molecule has 0 aliphatic carbocycles.